The number of piperazine rings is 1. The van der Waals surface area contributed by atoms with E-state index in [9.17, 15) is 5.11 Å². The normalized spacial score (nSPS) is 22.6. The van der Waals surface area contributed by atoms with Crippen molar-refractivity contribution >= 4 is 31.9 Å². The second-order valence-corrected chi connectivity index (χ2v) is 7.78. The maximum absolute atomic E-state index is 10.6. The molecule has 22 heavy (non-hydrogen) atoms. The monoisotopic (exact) mass is 432 g/mol. The molecule has 1 aromatic rings. The lowest BCUT2D eigenvalue weighted by Gasteiger charge is -2.41. The van der Waals surface area contributed by atoms with Crippen LogP contribution in [0.3, 0.4) is 0 Å². The van der Waals surface area contributed by atoms with E-state index >= 15 is 0 Å². The lowest BCUT2D eigenvalue weighted by molar-refractivity contribution is 0.0206. The molecule has 2 aliphatic rings. The fourth-order valence-corrected chi connectivity index (χ4v) is 4.81. The molecule has 122 valence electrons. The largest absolute Gasteiger partial charge is 0.506 e. The van der Waals surface area contributed by atoms with E-state index in [1.165, 1.54) is 0 Å². The number of nitrogens with one attached hydrogen (secondary N) is 1. The van der Waals surface area contributed by atoms with Crippen molar-refractivity contribution in [2.75, 3.05) is 39.4 Å². The topological polar surface area (TPSA) is 44.7 Å². The van der Waals surface area contributed by atoms with Gasteiger partial charge in [-0.1, -0.05) is 15.9 Å². The summed E-state index contributed by atoms with van der Waals surface area (Å²) < 4.78 is 7.29. The molecule has 1 atom stereocenters. The molecule has 2 heterocycles. The number of halogens is 2. The molecular weight excluding hydrogens is 412 g/mol. The van der Waals surface area contributed by atoms with Gasteiger partial charge in [-0.3, -0.25) is 4.90 Å². The van der Waals surface area contributed by atoms with Crippen molar-refractivity contribution < 1.29 is 9.84 Å². The van der Waals surface area contributed by atoms with Gasteiger partial charge in [-0.25, -0.2) is 0 Å². The van der Waals surface area contributed by atoms with Crippen LogP contribution in [0.2, 0.25) is 0 Å². The molecule has 6 heteroatoms. The summed E-state index contributed by atoms with van der Waals surface area (Å²) >= 11 is 7.04. The molecular formula is C16H22Br2N2O2. The number of ether oxygens (including phenoxy) is 1. The number of aromatic hydroxyl groups is 1. The predicted molar refractivity (Wildman–Crippen MR) is 94.2 cm³/mol. The van der Waals surface area contributed by atoms with Crippen molar-refractivity contribution in [1.29, 1.82) is 0 Å². The van der Waals surface area contributed by atoms with Crippen LogP contribution in [-0.4, -0.2) is 49.4 Å². The highest BCUT2D eigenvalue weighted by molar-refractivity contribution is 9.11. The number of rotatable bonds is 3. The second-order valence-electron chi connectivity index (χ2n) is 6.01. The third-order valence-corrected chi connectivity index (χ3v) is 5.70. The molecule has 3 rings (SSSR count). The zero-order valence-corrected chi connectivity index (χ0v) is 15.7. The van der Waals surface area contributed by atoms with Crippen LogP contribution in [-0.2, 0) is 4.74 Å². The van der Waals surface area contributed by atoms with Gasteiger partial charge in [-0.05, 0) is 46.8 Å². The molecule has 2 saturated heterocycles. The fraction of sp³-hybridized carbons (Fsp3) is 0.625. The molecule has 0 bridgehead atoms. The van der Waals surface area contributed by atoms with Gasteiger partial charge >= 0.3 is 0 Å². The Hall–Kier alpha value is -0.140. The third-order valence-electron chi connectivity index (χ3n) is 4.63. The van der Waals surface area contributed by atoms with Crippen molar-refractivity contribution in [3.8, 4) is 5.75 Å². The van der Waals surface area contributed by atoms with Crippen LogP contribution in [0.1, 0.15) is 24.4 Å². The molecule has 0 amide bonds. The number of benzene rings is 1. The van der Waals surface area contributed by atoms with Crippen LogP contribution in [0.15, 0.2) is 21.1 Å². The molecule has 2 aliphatic heterocycles. The first-order valence-electron chi connectivity index (χ1n) is 7.87. The number of nitrogens with zero attached hydrogens (tertiary/aromatic N) is 1. The van der Waals surface area contributed by atoms with E-state index in [0.29, 0.717) is 11.7 Å². The van der Waals surface area contributed by atoms with Gasteiger partial charge in [0.05, 0.1) is 4.47 Å². The van der Waals surface area contributed by atoms with Gasteiger partial charge in [0.15, 0.2) is 0 Å². The van der Waals surface area contributed by atoms with Gasteiger partial charge in [0.2, 0.25) is 0 Å². The summed E-state index contributed by atoms with van der Waals surface area (Å²) in [6, 6.07) is 4.22. The average Bonchev–Trinajstić information content (AvgIpc) is 2.54. The molecule has 2 fully saturated rings. The molecule has 1 aromatic carbocycles. The zero-order valence-electron chi connectivity index (χ0n) is 12.5. The summed E-state index contributed by atoms with van der Waals surface area (Å²) in [7, 11) is 0. The third kappa shape index (κ3) is 3.67. The minimum atomic E-state index is 0.250. The fourth-order valence-electron chi connectivity index (χ4n) is 3.55. The van der Waals surface area contributed by atoms with Crippen LogP contribution in [0.5, 0.6) is 5.75 Å². The molecule has 0 saturated carbocycles. The predicted octanol–water partition coefficient (Wildman–Crippen LogP) is 3.29. The lowest BCUT2D eigenvalue weighted by Crippen LogP contribution is -2.47. The van der Waals surface area contributed by atoms with E-state index in [1.54, 1.807) is 0 Å². The van der Waals surface area contributed by atoms with Gasteiger partial charge in [0.1, 0.15) is 5.75 Å². The smallest absolute Gasteiger partial charge is 0.134 e. The Morgan fingerprint density at radius 2 is 1.86 bits per heavy atom. The lowest BCUT2D eigenvalue weighted by atomic mass is 9.85. The Morgan fingerprint density at radius 1 is 1.18 bits per heavy atom. The maximum Gasteiger partial charge on any atom is 0.134 e. The molecule has 0 spiro atoms. The van der Waals surface area contributed by atoms with Gasteiger partial charge in [0.25, 0.3) is 0 Å². The van der Waals surface area contributed by atoms with Crippen LogP contribution < -0.4 is 5.32 Å². The quantitative estimate of drug-likeness (QED) is 0.767. The highest BCUT2D eigenvalue weighted by Crippen LogP contribution is 2.43. The van der Waals surface area contributed by atoms with E-state index in [1.807, 2.05) is 6.07 Å². The van der Waals surface area contributed by atoms with Crippen molar-refractivity contribution in [3.05, 3.63) is 26.6 Å². The maximum atomic E-state index is 10.6. The minimum absolute atomic E-state index is 0.250. The van der Waals surface area contributed by atoms with Crippen molar-refractivity contribution in [2.24, 2.45) is 5.92 Å². The van der Waals surface area contributed by atoms with E-state index < -0.39 is 0 Å². The standard InChI is InChI=1S/C16H22Br2N2O2/c17-12-9-13(16(21)14(18)10-12)15(11-1-7-22-8-2-11)20-5-3-19-4-6-20/h9-11,15,19,21H,1-8H2/t15-/m1/s1. The molecule has 4 nitrogen and oxygen atoms in total. The molecule has 2 N–H and O–H groups in total. The molecule has 0 aromatic heterocycles. The Bertz CT molecular complexity index is 497. The van der Waals surface area contributed by atoms with Crippen LogP contribution in [0.4, 0.5) is 0 Å². The van der Waals surface area contributed by atoms with Gasteiger partial charge in [-0.2, -0.15) is 0 Å². The minimum Gasteiger partial charge on any atom is -0.506 e. The summed E-state index contributed by atoms with van der Waals surface area (Å²) in [6.07, 6.45) is 2.11. The Morgan fingerprint density at radius 3 is 2.55 bits per heavy atom. The number of hydrogen-bond donors (Lipinski definition) is 2. The Balaban J connectivity index is 1.96. The van der Waals surface area contributed by atoms with E-state index in [2.05, 4.69) is 48.1 Å². The summed E-state index contributed by atoms with van der Waals surface area (Å²) in [5.74, 6) is 0.900. The van der Waals surface area contributed by atoms with Crippen molar-refractivity contribution in [2.45, 2.75) is 18.9 Å². The zero-order chi connectivity index (χ0) is 15.5. The SMILES string of the molecule is Oc1c(Br)cc(Br)cc1[C@@H](C1CCOCC1)N1CCNCC1. The molecule has 0 unspecified atom stereocenters. The van der Waals surface area contributed by atoms with E-state index in [-0.39, 0.29) is 6.04 Å². The Labute approximate surface area is 148 Å². The average molecular weight is 434 g/mol. The highest BCUT2D eigenvalue weighted by atomic mass is 79.9. The van der Waals surface area contributed by atoms with Gasteiger partial charge < -0.3 is 15.2 Å². The highest BCUT2D eigenvalue weighted by Gasteiger charge is 2.33. The van der Waals surface area contributed by atoms with Crippen LogP contribution in [0, 0.1) is 5.92 Å². The summed E-state index contributed by atoms with van der Waals surface area (Å²) in [6.45, 7) is 5.70. The Kier molecular flexibility index (Phi) is 5.79. The van der Waals surface area contributed by atoms with Crippen molar-refractivity contribution in [3.63, 3.8) is 0 Å². The molecule has 0 aliphatic carbocycles. The van der Waals surface area contributed by atoms with Crippen molar-refractivity contribution in [1.82, 2.24) is 10.2 Å². The van der Waals surface area contributed by atoms with Crippen LogP contribution in [0.25, 0.3) is 0 Å². The summed E-state index contributed by atoms with van der Waals surface area (Å²) in [5.41, 5.74) is 1.02. The number of phenols is 1. The van der Waals surface area contributed by atoms with Crippen LogP contribution >= 0.6 is 31.9 Å². The first kappa shape index (κ1) is 16.7. The molecule has 0 radical (unpaired) electrons. The van der Waals surface area contributed by atoms with E-state index in [4.69, 9.17) is 4.74 Å². The first-order chi connectivity index (χ1) is 10.7. The van der Waals surface area contributed by atoms with Gasteiger partial charge in [0, 0.05) is 55.5 Å². The summed E-state index contributed by atoms with van der Waals surface area (Å²) in [4.78, 5) is 2.51. The van der Waals surface area contributed by atoms with Gasteiger partial charge in [-0.15, -0.1) is 0 Å². The number of hydrogen-bond acceptors (Lipinski definition) is 4. The summed E-state index contributed by atoms with van der Waals surface area (Å²) in [5, 5.41) is 14.0. The number of phenolic OH excluding ortho intramolecular Hbond substituents is 1. The first-order valence-corrected chi connectivity index (χ1v) is 9.46. The second kappa shape index (κ2) is 7.62. The van der Waals surface area contributed by atoms with E-state index in [0.717, 1.165) is 66.7 Å².